The lowest BCUT2D eigenvalue weighted by atomic mass is 10.1. The monoisotopic (exact) mass is 494 g/mol. The fourth-order valence-corrected chi connectivity index (χ4v) is 5.43. The molecule has 35 heavy (non-hydrogen) atoms. The van der Waals surface area contributed by atoms with E-state index in [1.165, 1.54) is 18.4 Å². The van der Waals surface area contributed by atoms with Crippen LogP contribution in [0.3, 0.4) is 0 Å². The number of rotatable bonds is 5. The van der Waals surface area contributed by atoms with Crippen LogP contribution in [0.4, 0.5) is 5.00 Å². The highest BCUT2D eigenvalue weighted by atomic mass is 32.1. The molecule has 2 aliphatic rings. The Bertz CT molecular complexity index is 1230. The van der Waals surface area contributed by atoms with E-state index in [0.29, 0.717) is 72.9 Å². The van der Waals surface area contributed by atoms with Crippen LogP contribution in [0, 0.1) is 6.92 Å². The van der Waals surface area contributed by atoms with Crippen LogP contribution >= 0.6 is 11.3 Å². The van der Waals surface area contributed by atoms with Gasteiger partial charge in [0.1, 0.15) is 18.2 Å². The van der Waals surface area contributed by atoms with Gasteiger partial charge in [-0.3, -0.25) is 9.59 Å². The Labute approximate surface area is 207 Å². The summed E-state index contributed by atoms with van der Waals surface area (Å²) < 4.78 is 22.2. The molecular formula is C26H26N2O6S. The van der Waals surface area contributed by atoms with Crippen LogP contribution in [0.15, 0.2) is 42.5 Å². The number of benzene rings is 2. The van der Waals surface area contributed by atoms with Gasteiger partial charge in [0.05, 0.1) is 25.9 Å². The molecule has 1 aromatic heterocycles. The van der Waals surface area contributed by atoms with Gasteiger partial charge >= 0.3 is 0 Å². The van der Waals surface area contributed by atoms with E-state index < -0.39 is 0 Å². The number of nitrogens with zero attached hydrogens (tertiary/aromatic N) is 1. The lowest BCUT2D eigenvalue weighted by molar-refractivity contribution is 0.0303. The van der Waals surface area contributed by atoms with Gasteiger partial charge in [-0.25, -0.2) is 0 Å². The number of fused-ring (bicyclic) bond motifs is 1. The number of nitrogens with one attached hydrogen (secondary N) is 1. The van der Waals surface area contributed by atoms with Gasteiger partial charge in [-0.05, 0) is 30.2 Å². The molecule has 0 bridgehead atoms. The number of anilines is 1. The molecule has 8 nitrogen and oxygen atoms in total. The van der Waals surface area contributed by atoms with Gasteiger partial charge in [-0.15, -0.1) is 11.3 Å². The van der Waals surface area contributed by atoms with Crippen molar-refractivity contribution in [3.63, 3.8) is 0 Å². The summed E-state index contributed by atoms with van der Waals surface area (Å²) in [6.45, 7) is 4.76. The number of hydrogen-bond donors (Lipinski definition) is 1. The fourth-order valence-electron chi connectivity index (χ4n) is 4.23. The normalized spacial score (nSPS) is 15.0. The van der Waals surface area contributed by atoms with Crippen molar-refractivity contribution in [2.75, 3.05) is 51.9 Å². The number of ether oxygens (including phenoxy) is 4. The molecule has 2 aromatic carbocycles. The van der Waals surface area contributed by atoms with Gasteiger partial charge < -0.3 is 29.2 Å². The summed E-state index contributed by atoms with van der Waals surface area (Å²) in [6.07, 6.45) is 0. The Morgan fingerprint density at radius 3 is 2.51 bits per heavy atom. The van der Waals surface area contributed by atoms with Crippen molar-refractivity contribution < 1.29 is 28.5 Å². The van der Waals surface area contributed by atoms with Crippen molar-refractivity contribution in [2.45, 2.75) is 6.92 Å². The molecule has 0 atom stereocenters. The summed E-state index contributed by atoms with van der Waals surface area (Å²) in [4.78, 5) is 29.7. The number of carbonyl (C=O) groups is 2. The molecule has 182 valence electrons. The van der Waals surface area contributed by atoms with E-state index in [2.05, 4.69) is 5.32 Å². The number of thiophene rings is 1. The van der Waals surface area contributed by atoms with Crippen LogP contribution in [0.2, 0.25) is 0 Å². The predicted octanol–water partition coefficient (Wildman–Crippen LogP) is 4.23. The number of morpholine rings is 1. The molecule has 3 aromatic rings. The van der Waals surface area contributed by atoms with Crippen LogP contribution in [-0.2, 0) is 4.74 Å². The first-order valence-electron chi connectivity index (χ1n) is 11.4. The van der Waals surface area contributed by atoms with E-state index in [1.807, 2.05) is 37.3 Å². The first kappa shape index (κ1) is 23.2. The maximum Gasteiger partial charge on any atom is 0.257 e. The van der Waals surface area contributed by atoms with E-state index in [9.17, 15) is 9.59 Å². The zero-order valence-electron chi connectivity index (χ0n) is 19.6. The molecule has 5 rings (SSSR count). The molecule has 2 aliphatic heterocycles. The van der Waals surface area contributed by atoms with Crippen LogP contribution in [0.5, 0.6) is 17.2 Å². The summed E-state index contributed by atoms with van der Waals surface area (Å²) in [5.74, 6) is 0.885. The van der Waals surface area contributed by atoms with E-state index >= 15 is 0 Å². The molecule has 0 unspecified atom stereocenters. The van der Waals surface area contributed by atoms with Crippen LogP contribution in [-0.4, -0.2) is 63.3 Å². The van der Waals surface area contributed by atoms with Crippen LogP contribution < -0.4 is 19.5 Å². The molecule has 1 saturated heterocycles. The molecule has 3 heterocycles. The number of methoxy groups -OCH3 is 1. The minimum absolute atomic E-state index is 0.112. The summed E-state index contributed by atoms with van der Waals surface area (Å²) in [6, 6.07) is 13.1. The van der Waals surface area contributed by atoms with Crippen molar-refractivity contribution in [1.82, 2.24) is 4.90 Å². The minimum atomic E-state index is -0.364. The highest BCUT2D eigenvalue weighted by Crippen LogP contribution is 2.43. The van der Waals surface area contributed by atoms with E-state index in [4.69, 9.17) is 18.9 Å². The highest BCUT2D eigenvalue weighted by molar-refractivity contribution is 7.20. The lowest BCUT2D eigenvalue weighted by Gasteiger charge is -2.27. The molecule has 0 spiro atoms. The van der Waals surface area contributed by atoms with Gasteiger partial charge in [-0.2, -0.15) is 0 Å². The lowest BCUT2D eigenvalue weighted by Crippen LogP contribution is -2.41. The smallest absolute Gasteiger partial charge is 0.257 e. The van der Waals surface area contributed by atoms with Gasteiger partial charge in [0.15, 0.2) is 11.5 Å². The third kappa shape index (κ3) is 4.56. The SMILES string of the molecule is COc1cc(C(=O)Nc2sc(-c3ccccc3)c(C)c2C(=O)N2CCOCC2)cc2c1OCCO2. The molecule has 1 fully saturated rings. The molecule has 0 aliphatic carbocycles. The maximum absolute atomic E-state index is 13.6. The zero-order valence-corrected chi connectivity index (χ0v) is 20.4. The van der Waals surface area contributed by atoms with Crippen molar-refractivity contribution in [2.24, 2.45) is 0 Å². The highest BCUT2D eigenvalue weighted by Gasteiger charge is 2.29. The average molecular weight is 495 g/mol. The summed E-state index contributed by atoms with van der Waals surface area (Å²) in [7, 11) is 1.52. The Kier molecular flexibility index (Phi) is 6.61. The average Bonchev–Trinajstić information content (AvgIpc) is 3.23. The summed E-state index contributed by atoms with van der Waals surface area (Å²) in [5, 5.41) is 3.50. The van der Waals surface area contributed by atoms with E-state index in [0.717, 1.165) is 16.0 Å². The number of hydrogen-bond acceptors (Lipinski definition) is 7. The third-order valence-corrected chi connectivity index (χ3v) is 7.27. The predicted molar refractivity (Wildman–Crippen MR) is 133 cm³/mol. The second-order valence-electron chi connectivity index (χ2n) is 8.19. The zero-order chi connectivity index (χ0) is 24.4. The maximum atomic E-state index is 13.6. The van der Waals surface area contributed by atoms with Gasteiger partial charge in [0.2, 0.25) is 5.75 Å². The van der Waals surface area contributed by atoms with Crippen molar-refractivity contribution in [1.29, 1.82) is 0 Å². The topological polar surface area (TPSA) is 86.3 Å². The van der Waals surface area contributed by atoms with Gasteiger partial charge in [0, 0.05) is 23.5 Å². The molecule has 0 saturated carbocycles. The van der Waals surface area contributed by atoms with Crippen LogP contribution in [0.1, 0.15) is 26.3 Å². The number of carbonyl (C=O) groups excluding carboxylic acids is 2. The molecule has 1 N–H and O–H groups in total. The van der Waals surface area contributed by atoms with Gasteiger partial charge in [-0.1, -0.05) is 30.3 Å². The number of amides is 2. The Hall–Kier alpha value is -3.56. The molecule has 9 heteroatoms. The molecule has 0 radical (unpaired) electrons. The Morgan fingerprint density at radius 2 is 1.77 bits per heavy atom. The second kappa shape index (κ2) is 9.97. The Morgan fingerprint density at radius 1 is 1.03 bits per heavy atom. The summed E-state index contributed by atoms with van der Waals surface area (Å²) in [5.41, 5.74) is 2.69. The van der Waals surface area contributed by atoms with Crippen molar-refractivity contribution >= 4 is 28.2 Å². The van der Waals surface area contributed by atoms with Gasteiger partial charge in [0.25, 0.3) is 11.8 Å². The molecular weight excluding hydrogens is 468 g/mol. The van der Waals surface area contributed by atoms with E-state index in [1.54, 1.807) is 17.0 Å². The first-order chi connectivity index (χ1) is 17.1. The van der Waals surface area contributed by atoms with E-state index in [-0.39, 0.29) is 11.8 Å². The Balaban J connectivity index is 1.52. The third-order valence-electron chi connectivity index (χ3n) is 6.01. The second-order valence-corrected chi connectivity index (χ2v) is 9.21. The summed E-state index contributed by atoms with van der Waals surface area (Å²) >= 11 is 1.40. The minimum Gasteiger partial charge on any atom is -0.493 e. The fraction of sp³-hybridized carbons (Fsp3) is 0.308. The standard InChI is InChI=1S/C26H26N2O6S/c1-16-21(26(30)28-8-10-32-11-9-28)25(35-23(16)17-6-4-3-5-7-17)27-24(29)18-14-19(31-2)22-20(15-18)33-12-13-34-22/h3-7,14-15H,8-13H2,1-2H3,(H,27,29). The first-order valence-corrected chi connectivity index (χ1v) is 12.2. The largest absolute Gasteiger partial charge is 0.493 e. The van der Waals surface area contributed by atoms with Crippen molar-refractivity contribution in [3.05, 3.63) is 59.2 Å². The quantitative estimate of drug-likeness (QED) is 0.571. The van der Waals surface area contributed by atoms with Crippen molar-refractivity contribution in [3.8, 4) is 27.7 Å². The molecule has 2 amide bonds. The van der Waals surface area contributed by atoms with Crippen LogP contribution in [0.25, 0.3) is 10.4 Å².